The highest BCUT2D eigenvalue weighted by atomic mass is 79.9. The van der Waals surface area contributed by atoms with Crippen molar-refractivity contribution in [2.75, 3.05) is 88.3 Å². The van der Waals surface area contributed by atoms with Crippen molar-refractivity contribution in [3.8, 4) is 22.6 Å². The van der Waals surface area contributed by atoms with Gasteiger partial charge in [-0.3, -0.25) is 14.5 Å². The summed E-state index contributed by atoms with van der Waals surface area (Å²) in [7, 11) is 3.06. The van der Waals surface area contributed by atoms with Crippen molar-refractivity contribution in [1.82, 2.24) is 34.9 Å². The normalized spacial score (nSPS) is 17.8. The fourth-order valence-electron chi connectivity index (χ4n) is 7.32. The van der Waals surface area contributed by atoms with Gasteiger partial charge in [-0.1, -0.05) is 6.07 Å². The standard InChI is InChI=1S/C37H50BrN10O2P/c1-24-7-8-31(35(25(24)2)50-51(5)6)42-36-30(38)22-40-37(44-36)43-32-17-29(26-19-41-45(3)23-26)33(18-34(32)49-4)48-15-13-47(14-16-48)27-9-11-46(12-10-27)28-20-39-21-28/h7-8,17-19,22-23,27-28,39H,9-16,20-21H2,1-6H3,(H2,40,42,43,44). The Bertz CT molecular complexity index is 1830. The first-order valence-electron chi connectivity index (χ1n) is 17.8. The smallest absolute Gasteiger partial charge is 0.229 e. The molecule has 4 aromatic rings. The van der Waals surface area contributed by atoms with Gasteiger partial charge in [0, 0.05) is 107 Å². The maximum absolute atomic E-state index is 6.29. The Balaban J connectivity index is 1.11. The van der Waals surface area contributed by atoms with E-state index in [1.54, 1.807) is 13.3 Å². The lowest BCUT2D eigenvalue weighted by Gasteiger charge is -2.46. The molecule has 51 heavy (non-hydrogen) atoms. The molecule has 0 unspecified atom stereocenters. The fraction of sp³-hybridized carbons (Fsp3) is 0.486. The number of piperidine rings is 1. The first-order valence-corrected chi connectivity index (χ1v) is 20.8. The zero-order valence-corrected chi connectivity index (χ0v) is 33.0. The Kier molecular flexibility index (Phi) is 11.0. The molecule has 272 valence electrons. The molecule has 3 aliphatic heterocycles. The Morgan fingerprint density at radius 2 is 1.67 bits per heavy atom. The van der Waals surface area contributed by atoms with E-state index in [1.165, 1.54) is 31.5 Å². The number of halogens is 1. The average Bonchev–Trinajstić information content (AvgIpc) is 3.54. The highest BCUT2D eigenvalue weighted by molar-refractivity contribution is 9.10. The number of piperazine rings is 1. The largest absolute Gasteiger partial charge is 0.494 e. The predicted octanol–water partition coefficient (Wildman–Crippen LogP) is 6.35. The number of likely N-dealkylation sites (tertiary alicyclic amines) is 1. The van der Waals surface area contributed by atoms with E-state index >= 15 is 0 Å². The highest BCUT2D eigenvalue weighted by Crippen LogP contribution is 2.43. The zero-order valence-electron chi connectivity index (χ0n) is 30.5. The molecule has 0 aliphatic carbocycles. The zero-order chi connectivity index (χ0) is 35.6. The number of hydrogen-bond donors (Lipinski definition) is 3. The van der Waals surface area contributed by atoms with Gasteiger partial charge in [-0.15, -0.1) is 0 Å². The van der Waals surface area contributed by atoms with Gasteiger partial charge in [0.25, 0.3) is 0 Å². The fourth-order valence-corrected chi connectivity index (χ4v) is 8.21. The minimum absolute atomic E-state index is 0.441. The Labute approximate surface area is 311 Å². The summed E-state index contributed by atoms with van der Waals surface area (Å²) >= 11 is 3.65. The third-order valence-corrected chi connectivity index (χ3v) is 11.6. The summed E-state index contributed by atoms with van der Waals surface area (Å²) < 4.78 is 14.9. The van der Waals surface area contributed by atoms with E-state index in [0.29, 0.717) is 17.8 Å². The molecule has 2 aromatic carbocycles. The van der Waals surface area contributed by atoms with Crippen LogP contribution in [0.25, 0.3) is 11.1 Å². The van der Waals surface area contributed by atoms with Crippen molar-refractivity contribution in [1.29, 1.82) is 0 Å². The monoisotopic (exact) mass is 776 g/mol. The molecule has 5 heterocycles. The summed E-state index contributed by atoms with van der Waals surface area (Å²) in [6.45, 7) is 17.1. The van der Waals surface area contributed by atoms with Gasteiger partial charge < -0.3 is 30.1 Å². The SMILES string of the molecule is COc1cc(N2CCN(C3CCN(C4CNC4)CC3)CC2)c(-c2cnn(C)c2)cc1Nc1ncc(Br)c(Nc2ccc(C)c(C)c2OP(C)C)n1. The van der Waals surface area contributed by atoms with Crippen LogP contribution in [0.3, 0.4) is 0 Å². The minimum Gasteiger partial charge on any atom is -0.494 e. The molecule has 7 rings (SSSR count). The van der Waals surface area contributed by atoms with Gasteiger partial charge in [0.1, 0.15) is 17.3 Å². The molecule has 0 saturated carbocycles. The third kappa shape index (κ3) is 7.98. The number of nitrogens with zero attached hydrogens (tertiary/aromatic N) is 7. The topological polar surface area (TPSA) is 108 Å². The van der Waals surface area contributed by atoms with Gasteiger partial charge in [0.15, 0.2) is 0 Å². The quantitative estimate of drug-likeness (QED) is 0.149. The molecule has 0 radical (unpaired) electrons. The van der Waals surface area contributed by atoms with Gasteiger partial charge in [-0.2, -0.15) is 10.1 Å². The summed E-state index contributed by atoms with van der Waals surface area (Å²) in [4.78, 5) is 17.4. The highest BCUT2D eigenvalue weighted by Gasteiger charge is 2.32. The minimum atomic E-state index is -0.612. The summed E-state index contributed by atoms with van der Waals surface area (Å²) in [5.41, 5.74) is 7.20. The van der Waals surface area contributed by atoms with Crippen LogP contribution in [0.1, 0.15) is 24.0 Å². The molecule has 0 amide bonds. The Morgan fingerprint density at radius 1 is 0.922 bits per heavy atom. The molecule has 3 aliphatic rings. The van der Waals surface area contributed by atoms with Gasteiger partial charge in [-0.05, 0) is 79.2 Å². The van der Waals surface area contributed by atoms with E-state index in [2.05, 4.69) is 108 Å². The van der Waals surface area contributed by atoms with Gasteiger partial charge in [0.2, 0.25) is 5.95 Å². The number of benzene rings is 2. The molecule has 3 N–H and O–H groups in total. The summed E-state index contributed by atoms with van der Waals surface area (Å²) in [6.07, 6.45) is 8.27. The molecule has 0 atom stereocenters. The molecule has 12 nitrogen and oxygen atoms in total. The van der Waals surface area contributed by atoms with E-state index in [4.69, 9.17) is 14.2 Å². The van der Waals surface area contributed by atoms with Gasteiger partial charge >= 0.3 is 0 Å². The first kappa shape index (κ1) is 35.9. The van der Waals surface area contributed by atoms with Crippen LogP contribution in [0.5, 0.6) is 11.5 Å². The second-order valence-corrected chi connectivity index (χ2v) is 16.7. The van der Waals surface area contributed by atoms with E-state index in [9.17, 15) is 0 Å². The molecule has 0 spiro atoms. The van der Waals surface area contributed by atoms with Crippen LogP contribution in [0.2, 0.25) is 0 Å². The number of nitrogens with one attached hydrogen (secondary N) is 3. The predicted molar refractivity (Wildman–Crippen MR) is 212 cm³/mol. The third-order valence-electron chi connectivity index (χ3n) is 10.5. The lowest BCUT2D eigenvalue weighted by molar-refractivity contribution is 0.0631. The number of methoxy groups -OCH3 is 1. The number of rotatable bonds is 11. The van der Waals surface area contributed by atoms with Crippen LogP contribution in [0.15, 0.2) is 47.3 Å². The van der Waals surface area contributed by atoms with Crippen LogP contribution in [0.4, 0.5) is 28.8 Å². The summed E-state index contributed by atoms with van der Waals surface area (Å²) in [6, 6.07) is 9.84. The van der Waals surface area contributed by atoms with Gasteiger partial charge in [0.05, 0.1) is 37.3 Å². The second kappa shape index (κ2) is 15.6. The van der Waals surface area contributed by atoms with Crippen LogP contribution < -0.4 is 30.1 Å². The van der Waals surface area contributed by atoms with Crippen molar-refractivity contribution in [2.45, 2.75) is 38.8 Å². The van der Waals surface area contributed by atoms with Crippen LogP contribution in [-0.2, 0) is 7.05 Å². The lowest BCUT2D eigenvalue weighted by Crippen LogP contribution is -2.60. The van der Waals surface area contributed by atoms with E-state index in [-0.39, 0.29) is 0 Å². The molecular formula is C37H50BrN10O2P. The van der Waals surface area contributed by atoms with Crippen molar-refractivity contribution < 1.29 is 9.26 Å². The Hall–Kier alpha value is -3.48. The molecule has 0 bridgehead atoms. The van der Waals surface area contributed by atoms with E-state index in [1.807, 2.05) is 24.0 Å². The first-order chi connectivity index (χ1) is 24.7. The van der Waals surface area contributed by atoms with Crippen LogP contribution in [-0.4, -0.2) is 114 Å². The summed E-state index contributed by atoms with van der Waals surface area (Å²) in [5.74, 6) is 2.64. The van der Waals surface area contributed by atoms with Crippen molar-refractivity contribution in [3.05, 3.63) is 58.5 Å². The Morgan fingerprint density at radius 3 is 2.31 bits per heavy atom. The van der Waals surface area contributed by atoms with Crippen molar-refractivity contribution >= 4 is 52.9 Å². The van der Waals surface area contributed by atoms with Crippen molar-refractivity contribution in [2.24, 2.45) is 7.05 Å². The maximum Gasteiger partial charge on any atom is 0.229 e. The lowest BCUT2D eigenvalue weighted by atomic mass is 9.98. The van der Waals surface area contributed by atoms with Gasteiger partial charge in [-0.25, -0.2) is 4.98 Å². The maximum atomic E-state index is 6.29. The summed E-state index contributed by atoms with van der Waals surface area (Å²) in [5, 5.41) is 14.9. The number of hydrogen-bond acceptors (Lipinski definition) is 11. The number of ether oxygens (including phenoxy) is 1. The van der Waals surface area contributed by atoms with Crippen LogP contribution >= 0.6 is 24.1 Å². The van der Waals surface area contributed by atoms with Crippen LogP contribution in [0, 0.1) is 13.8 Å². The molecule has 14 heteroatoms. The average molecular weight is 778 g/mol. The van der Waals surface area contributed by atoms with E-state index in [0.717, 1.165) is 95.0 Å². The number of aromatic nitrogens is 4. The number of aryl methyl sites for hydroxylation is 2. The van der Waals surface area contributed by atoms with Crippen molar-refractivity contribution in [3.63, 3.8) is 0 Å². The molecule has 3 saturated heterocycles. The molecule has 3 fully saturated rings. The number of anilines is 5. The molecular weight excluding hydrogens is 727 g/mol. The molecule has 2 aromatic heterocycles. The van der Waals surface area contributed by atoms with E-state index < -0.39 is 8.15 Å². The second-order valence-electron chi connectivity index (χ2n) is 14.0.